The monoisotopic (exact) mass is 676 g/mol. The van der Waals surface area contributed by atoms with Gasteiger partial charge in [-0.2, -0.15) is 0 Å². The minimum absolute atomic E-state index is 0.0261. The molecular weight excluding hydrogens is 636 g/mol. The second-order valence-electron chi connectivity index (χ2n) is 11.3. The molecule has 3 heterocycles. The quantitative estimate of drug-likeness (QED) is 0.0636. The van der Waals surface area contributed by atoms with Crippen LogP contribution in [0.3, 0.4) is 0 Å². The molecule has 15 heteroatoms. The molecule has 4 rings (SSSR count). The van der Waals surface area contributed by atoms with Crippen LogP contribution in [-0.2, 0) is 32.4 Å². The van der Waals surface area contributed by atoms with Gasteiger partial charge in [-0.1, -0.05) is 12.1 Å². The van der Waals surface area contributed by atoms with E-state index in [0.29, 0.717) is 34.3 Å². The van der Waals surface area contributed by atoms with Crippen LogP contribution in [0.25, 0.3) is 0 Å². The molecular formula is C33H41ClN10O4. The lowest BCUT2D eigenvalue weighted by Crippen LogP contribution is -2.28. The van der Waals surface area contributed by atoms with Crippen LogP contribution in [0.2, 0.25) is 0 Å². The van der Waals surface area contributed by atoms with Gasteiger partial charge in [0, 0.05) is 77.4 Å². The number of nitrogens with one attached hydrogen (secondary N) is 5. The van der Waals surface area contributed by atoms with Crippen molar-refractivity contribution in [2.75, 3.05) is 46.4 Å². The Hall–Kier alpha value is -5.50. The molecule has 7 N–H and O–H groups in total. The Bertz CT molecular complexity index is 1800. The number of hydrogen-bond donors (Lipinski definition) is 6. The number of nitrogens with zero attached hydrogens (tertiary/aromatic N) is 4. The average Bonchev–Trinajstić information content (AvgIpc) is 3.71. The number of halogens is 1. The van der Waals surface area contributed by atoms with Gasteiger partial charge >= 0.3 is 0 Å². The van der Waals surface area contributed by atoms with Gasteiger partial charge in [0.1, 0.15) is 17.1 Å². The minimum atomic E-state index is -0.441. The first kappa shape index (κ1) is 35.4. The molecule has 48 heavy (non-hydrogen) atoms. The van der Waals surface area contributed by atoms with Crippen LogP contribution in [0.15, 0.2) is 61.1 Å². The number of carbonyl (C=O) groups excluding carboxylic acids is 4. The fourth-order valence-corrected chi connectivity index (χ4v) is 5.36. The van der Waals surface area contributed by atoms with Crippen molar-refractivity contribution in [3.63, 3.8) is 0 Å². The van der Waals surface area contributed by atoms with Crippen molar-refractivity contribution in [2.45, 2.75) is 19.8 Å². The fourth-order valence-electron chi connectivity index (χ4n) is 5.15. The van der Waals surface area contributed by atoms with Crippen LogP contribution in [-0.4, -0.2) is 68.7 Å². The van der Waals surface area contributed by atoms with Crippen LogP contribution >= 0.6 is 11.6 Å². The van der Waals surface area contributed by atoms with E-state index >= 15 is 0 Å². The summed E-state index contributed by atoms with van der Waals surface area (Å²) < 4.78 is 4.76. The third-order valence-corrected chi connectivity index (χ3v) is 7.76. The van der Waals surface area contributed by atoms with Crippen LogP contribution in [0.4, 0.5) is 22.7 Å². The standard InChI is InChI=1S/C33H41ClN10O4/c1-5-44(13-11-34)25-8-6-21(7-9-25)14-30(45)38-22-15-27(42(3)18-22)32(47)40-24-17-28(43(4)20-24)33(48)39-23-16-26(41(2)19-23)31(46)37-12-10-29(35)36/h6-9,15-20H,5,10-14H2,1-4H3,(H3,35,36)(H,37,46)(H,38,45)(H,39,48)(H,40,47). The Kier molecular flexibility index (Phi) is 11.7. The van der Waals surface area contributed by atoms with Gasteiger partial charge in [-0.25, -0.2) is 0 Å². The first-order valence-electron chi connectivity index (χ1n) is 15.3. The van der Waals surface area contributed by atoms with Gasteiger partial charge in [-0.05, 0) is 42.8 Å². The van der Waals surface area contributed by atoms with E-state index < -0.39 is 11.8 Å². The van der Waals surface area contributed by atoms with Gasteiger partial charge in [-0.3, -0.25) is 24.6 Å². The second kappa shape index (κ2) is 15.9. The number of aryl methyl sites for hydroxylation is 3. The maximum absolute atomic E-state index is 13.2. The Morgan fingerprint density at radius 2 is 1.27 bits per heavy atom. The van der Waals surface area contributed by atoms with Crippen molar-refractivity contribution in [3.05, 3.63) is 83.7 Å². The van der Waals surface area contributed by atoms with Gasteiger partial charge in [-0.15, -0.1) is 11.6 Å². The molecule has 0 aliphatic heterocycles. The van der Waals surface area contributed by atoms with Crippen molar-refractivity contribution in [3.8, 4) is 0 Å². The van der Waals surface area contributed by atoms with Crippen LogP contribution in [0.5, 0.6) is 0 Å². The molecule has 4 aromatic rings. The molecule has 0 radical (unpaired) electrons. The van der Waals surface area contributed by atoms with Gasteiger partial charge < -0.3 is 45.6 Å². The highest BCUT2D eigenvalue weighted by Crippen LogP contribution is 2.21. The van der Waals surface area contributed by atoms with Gasteiger partial charge in [0.15, 0.2) is 0 Å². The summed E-state index contributed by atoms with van der Waals surface area (Å²) in [6.45, 7) is 3.86. The minimum Gasteiger partial charge on any atom is -0.388 e. The molecule has 0 spiro atoms. The van der Waals surface area contributed by atoms with E-state index in [1.165, 1.54) is 6.07 Å². The van der Waals surface area contributed by atoms with E-state index in [0.717, 1.165) is 24.3 Å². The van der Waals surface area contributed by atoms with Crippen LogP contribution < -0.4 is 31.9 Å². The summed E-state index contributed by atoms with van der Waals surface area (Å²) >= 11 is 5.89. The molecule has 0 aliphatic rings. The molecule has 0 unspecified atom stereocenters. The van der Waals surface area contributed by atoms with Crippen LogP contribution in [0.1, 0.15) is 50.4 Å². The molecule has 0 atom stereocenters. The number of hydrogen-bond acceptors (Lipinski definition) is 6. The first-order valence-corrected chi connectivity index (χ1v) is 15.8. The number of amidine groups is 1. The van der Waals surface area contributed by atoms with Crippen molar-refractivity contribution >= 4 is 63.8 Å². The lowest BCUT2D eigenvalue weighted by molar-refractivity contribution is -0.115. The molecule has 0 bridgehead atoms. The third-order valence-electron chi connectivity index (χ3n) is 7.59. The maximum atomic E-state index is 13.2. The summed E-state index contributed by atoms with van der Waals surface area (Å²) in [5, 5.41) is 18.4. The summed E-state index contributed by atoms with van der Waals surface area (Å²) in [7, 11) is 5.05. The zero-order chi connectivity index (χ0) is 35.0. The van der Waals surface area contributed by atoms with E-state index in [2.05, 4.69) is 33.1 Å². The predicted molar refractivity (Wildman–Crippen MR) is 188 cm³/mol. The Balaban J connectivity index is 1.34. The highest BCUT2D eigenvalue weighted by molar-refractivity contribution is 6.18. The normalized spacial score (nSPS) is 10.8. The largest absolute Gasteiger partial charge is 0.388 e. The maximum Gasteiger partial charge on any atom is 0.272 e. The second-order valence-corrected chi connectivity index (χ2v) is 11.7. The topological polar surface area (TPSA) is 184 Å². The van der Waals surface area contributed by atoms with E-state index in [4.69, 9.17) is 22.7 Å². The molecule has 254 valence electrons. The lowest BCUT2D eigenvalue weighted by atomic mass is 10.1. The highest BCUT2D eigenvalue weighted by atomic mass is 35.5. The van der Waals surface area contributed by atoms with Crippen molar-refractivity contribution < 1.29 is 19.2 Å². The number of alkyl halides is 1. The third kappa shape index (κ3) is 9.06. The van der Waals surface area contributed by atoms with Gasteiger partial charge in [0.25, 0.3) is 17.7 Å². The Morgan fingerprint density at radius 1 is 0.792 bits per heavy atom. The molecule has 14 nitrogen and oxygen atoms in total. The van der Waals surface area contributed by atoms with E-state index in [-0.39, 0.29) is 42.7 Å². The number of amides is 4. The number of nitrogens with two attached hydrogens (primary N) is 1. The van der Waals surface area contributed by atoms with Crippen LogP contribution in [0, 0.1) is 5.41 Å². The summed E-state index contributed by atoms with van der Waals surface area (Å²) in [5.41, 5.74) is 9.42. The first-order chi connectivity index (χ1) is 22.9. The fraction of sp³-hybridized carbons (Fsp3) is 0.303. The number of anilines is 4. The van der Waals surface area contributed by atoms with Crippen molar-refractivity contribution in [1.29, 1.82) is 5.41 Å². The number of benzene rings is 1. The summed E-state index contributed by atoms with van der Waals surface area (Å²) in [6.07, 6.45) is 5.28. The lowest BCUT2D eigenvalue weighted by Gasteiger charge is -2.22. The summed E-state index contributed by atoms with van der Waals surface area (Å²) in [4.78, 5) is 53.6. The summed E-state index contributed by atoms with van der Waals surface area (Å²) in [6, 6.07) is 12.4. The van der Waals surface area contributed by atoms with Gasteiger partial charge in [0.2, 0.25) is 5.91 Å². The average molecular weight is 677 g/mol. The van der Waals surface area contributed by atoms with E-state index in [1.807, 2.05) is 24.3 Å². The highest BCUT2D eigenvalue weighted by Gasteiger charge is 2.19. The number of rotatable bonds is 15. The molecule has 0 saturated heterocycles. The van der Waals surface area contributed by atoms with E-state index in [1.54, 1.807) is 65.6 Å². The zero-order valence-corrected chi connectivity index (χ0v) is 28.1. The molecule has 0 aliphatic carbocycles. The SMILES string of the molecule is CCN(CCCl)c1ccc(CC(=O)Nc2cc(C(=O)Nc3cc(C(=O)Nc4cc(C(=O)NCCC(=N)N)n(C)c4)n(C)c3)n(C)c2)cc1. The van der Waals surface area contributed by atoms with Crippen molar-refractivity contribution in [2.24, 2.45) is 26.9 Å². The molecule has 0 saturated carbocycles. The Labute approximate surface area is 283 Å². The molecule has 4 amide bonds. The number of aromatic nitrogens is 3. The smallest absolute Gasteiger partial charge is 0.272 e. The Morgan fingerprint density at radius 3 is 1.73 bits per heavy atom. The molecule has 3 aromatic heterocycles. The predicted octanol–water partition coefficient (Wildman–Crippen LogP) is 3.51. The zero-order valence-electron chi connectivity index (χ0n) is 27.4. The molecule has 0 fully saturated rings. The molecule has 1 aromatic carbocycles. The summed E-state index contributed by atoms with van der Waals surface area (Å²) in [5.74, 6) is -0.938. The number of carbonyl (C=O) groups is 4. The van der Waals surface area contributed by atoms with E-state index in [9.17, 15) is 19.2 Å². The van der Waals surface area contributed by atoms with Gasteiger partial charge in [0.05, 0.1) is 29.3 Å². The van der Waals surface area contributed by atoms with Crippen molar-refractivity contribution in [1.82, 2.24) is 19.0 Å².